The summed E-state index contributed by atoms with van der Waals surface area (Å²) in [6.07, 6.45) is -0.386. The third-order valence-corrected chi connectivity index (χ3v) is 6.24. The summed E-state index contributed by atoms with van der Waals surface area (Å²) in [5.41, 5.74) is 0.716. The maximum absolute atomic E-state index is 13.4. The van der Waals surface area contributed by atoms with Crippen molar-refractivity contribution < 1.29 is 19.4 Å². The number of benzene rings is 2. The van der Waals surface area contributed by atoms with Gasteiger partial charge < -0.3 is 9.84 Å². The minimum Gasteiger partial charge on any atom is -0.468 e. The number of piperidine rings is 1. The summed E-state index contributed by atoms with van der Waals surface area (Å²) < 4.78 is 5.15. The molecule has 2 bridgehead atoms. The first-order valence-electron chi connectivity index (χ1n) is 9.68. The van der Waals surface area contributed by atoms with Crippen molar-refractivity contribution >= 4 is 11.8 Å². The van der Waals surface area contributed by atoms with Gasteiger partial charge in [-0.3, -0.25) is 14.5 Å². The van der Waals surface area contributed by atoms with E-state index in [9.17, 15) is 14.7 Å². The van der Waals surface area contributed by atoms with Crippen LogP contribution in [-0.2, 0) is 20.9 Å². The zero-order valence-electron chi connectivity index (χ0n) is 16.0. The molecule has 1 saturated carbocycles. The number of ketones is 1. The Labute approximate surface area is 164 Å². The van der Waals surface area contributed by atoms with E-state index in [2.05, 4.69) is 4.90 Å². The van der Waals surface area contributed by atoms with Crippen molar-refractivity contribution in [1.29, 1.82) is 0 Å². The lowest BCUT2D eigenvalue weighted by Crippen LogP contribution is -2.65. The number of hydrogen-bond donors (Lipinski definition) is 1. The van der Waals surface area contributed by atoms with E-state index in [1.165, 1.54) is 7.11 Å². The summed E-state index contributed by atoms with van der Waals surface area (Å²) in [5.74, 6) is -1.66. The van der Waals surface area contributed by atoms with Crippen molar-refractivity contribution in [3.8, 4) is 0 Å². The number of aliphatic hydroxyl groups excluding tert-OH is 1. The second-order valence-corrected chi connectivity index (χ2v) is 7.86. The number of carbonyl (C=O) groups is 2. The summed E-state index contributed by atoms with van der Waals surface area (Å²) >= 11 is 0. The molecule has 0 radical (unpaired) electrons. The molecule has 2 fully saturated rings. The quantitative estimate of drug-likeness (QED) is 0.653. The first-order valence-corrected chi connectivity index (χ1v) is 9.68. The molecule has 0 aromatic heterocycles. The molecule has 1 heterocycles. The Morgan fingerprint density at radius 1 is 1.14 bits per heavy atom. The van der Waals surface area contributed by atoms with Crippen molar-refractivity contribution in [1.82, 2.24) is 4.90 Å². The zero-order chi connectivity index (χ0) is 19.7. The standard InChI is InChI=1S/C23H25NO4/c1-28-22(27)23-15-24(13-16-8-4-2-5-9-16)14-18(21(23)26)20(25)12-19(23)17-10-6-3-7-11-17/h2-11,18-20,25H,12-15H2,1H3/t18-,19+,20-,23-/m1/s1. The van der Waals surface area contributed by atoms with E-state index in [0.29, 0.717) is 26.1 Å². The molecule has 4 atom stereocenters. The number of nitrogens with zero attached hydrogens (tertiary/aromatic N) is 1. The molecule has 5 nitrogen and oxygen atoms in total. The molecular formula is C23H25NO4. The minimum absolute atomic E-state index is 0.184. The van der Waals surface area contributed by atoms with Crippen molar-refractivity contribution in [2.45, 2.75) is 25.0 Å². The number of aliphatic hydroxyl groups is 1. The van der Waals surface area contributed by atoms with Crippen LogP contribution in [0.3, 0.4) is 0 Å². The number of methoxy groups -OCH3 is 1. The van der Waals surface area contributed by atoms with E-state index in [0.717, 1.165) is 11.1 Å². The maximum atomic E-state index is 13.4. The number of hydrogen-bond acceptors (Lipinski definition) is 5. The lowest BCUT2D eigenvalue weighted by Gasteiger charge is -2.52. The first-order chi connectivity index (χ1) is 13.6. The molecule has 5 heteroatoms. The molecule has 1 aliphatic carbocycles. The average molecular weight is 379 g/mol. The molecule has 1 N–H and O–H groups in total. The molecule has 28 heavy (non-hydrogen) atoms. The molecule has 2 aromatic rings. The van der Waals surface area contributed by atoms with Crippen molar-refractivity contribution in [3.05, 3.63) is 71.8 Å². The van der Waals surface area contributed by atoms with E-state index in [4.69, 9.17) is 4.74 Å². The predicted octanol–water partition coefficient (Wildman–Crippen LogP) is 2.40. The summed E-state index contributed by atoms with van der Waals surface area (Å²) in [5, 5.41) is 10.8. The van der Waals surface area contributed by atoms with E-state index in [-0.39, 0.29) is 5.78 Å². The molecule has 2 aromatic carbocycles. The lowest BCUT2D eigenvalue weighted by molar-refractivity contribution is -0.176. The van der Waals surface area contributed by atoms with Gasteiger partial charge >= 0.3 is 5.97 Å². The predicted molar refractivity (Wildman–Crippen MR) is 104 cm³/mol. The smallest absolute Gasteiger partial charge is 0.321 e. The van der Waals surface area contributed by atoms with Gasteiger partial charge in [0.15, 0.2) is 5.78 Å². The van der Waals surface area contributed by atoms with Gasteiger partial charge in [-0.05, 0) is 17.5 Å². The van der Waals surface area contributed by atoms with Crippen LogP contribution in [0.4, 0.5) is 0 Å². The fourth-order valence-corrected chi connectivity index (χ4v) is 4.93. The molecule has 0 spiro atoms. The van der Waals surface area contributed by atoms with Crippen LogP contribution in [0.25, 0.3) is 0 Å². The Morgan fingerprint density at radius 2 is 1.79 bits per heavy atom. The zero-order valence-corrected chi connectivity index (χ0v) is 16.0. The number of Topliss-reactive ketones (excluding diaryl/α,β-unsaturated/α-hetero) is 1. The van der Waals surface area contributed by atoms with Gasteiger partial charge in [0.25, 0.3) is 0 Å². The Hall–Kier alpha value is -2.50. The van der Waals surface area contributed by atoms with Gasteiger partial charge in [-0.15, -0.1) is 0 Å². The fraction of sp³-hybridized carbons (Fsp3) is 0.391. The largest absolute Gasteiger partial charge is 0.468 e. The second-order valence-electron chi connectivity index (χ2n) is 7.86. The van der Waals surface area contributed by atoms with Crippen LogP contribution in [0.2, 0.25) is 0 Å². The highest BCUT2D eigenvalue weighted by atomic mass is 16.5. The molecule has 2 aliphatic rings. The van der Waals surface area contributed by atoms with E-state index < -0.39 is 29.3 Å². The topological polar surface area (TPSA) is 66.8 Å². The molecule has 146 valence electrons. The number of rotatable bonds is 4. The molecule has 0 amide bonds. The van der Waals surface area contributed by atoms with Crippen LogP contribution in [-0.4, -0.2) is 48.1 Å². The summed E-state index contributed by atoms with van der Waals surface area (Å²) in [6.45, 7) is 1.38. The van der Waals surface area contributed by atoms with Gasteiger partial charge in [-0.1, -0.05) is 60.7 Å². The number of ether oxygens (including phenoxy) is 1. The van der Waals surface area contributed by atoms with Crippen LogP contribution in [0.1, 0.15) is 23.5 Å². The van der Waals surface area contributed by atoms with Gasteiger partial charge in [0.1, 0.15) is 5.41 Å². The summed E-state index contributed by atoms with van der Waals surface area (Å²) in [7, 11) is 1.34. The number of esters is 1. The number of fused-ring (bicyclic) bond motifs is 2. The van der Waals surface area contributed by atoms with Gasteiger partial charge in [-0.2, -0.15) is 0 Å². The van der Waals surface area contributed by atoms with Crippen LogP contribution >= 0.6 is 0 Å². The number of carbonyl (C=O) groups excluding carboxylic acids is 2. The Kier molecular flexibility index (Phi) is 5.04. The molecule has 1 saturated heterocycles. The van der Waals surface area contributed by atoms with E-state index in [1.54, 1.807) is 0 Å². The van der Waals surface area contributed by atoms with Gasteiger partial charge in [0.2, 0.25) is 0 Å². The molecule has 0 unspecified atom stereocenters. The van der Waals surface area contributed by atoms with E-state index >= 15 is 0 Å². The fourth-order valence-electron chi connectivity index (χ4n) is 4.93. The third kappa shape index (κ3) is 3.05. The van der Waals surface area contributed by atoms with Crippen molar-refractivity contribution in [2.75, 3.05) is 20.2 Å². The SMILES string of the molecule is COC(=O)[C@@]12CN(Cc3ccccc3)C[C@@H](C1=O)[C@H](O)C[C@H]2c1ccccc1. The number of likely N-dealkylation sites (tertiary alicyclic amines) is 1. The van der Waals surface area contributed by atoms with Crippen molar-refractivity contribution in [3.63, 3.8) is 0 Å². The maximum Gasteiger partial charge on any atom is 0.321 e. The molecule has 4 rings (SSSR count). The highest BCUT2D eigenvalue weighted by Gasteiger charge is 2.63. The second kappa shape index (κ2) is 7.49. The summed E-state index contributed by atoms with van der Waals surface area (Å²) in [4.78, 5) is 28.6. The van der Waals surface area contributed by atoms with Crippen LogP contribution in [0.5, 0.6) is 0 Å². The van der Waals surface area contributed by atoms with Gasteiger partial charge in [0.05, 0.1) is 19.1 Å². The van der Waals surface area contributed by atoms with E-state index in [1.807, 2.05) is 60.7 Å². The summed E-state index contributed by atoms with van der Waals surface area (Å²) in [6, 6.07) is 19.5. The highest BCUT2D eigenvalue weighted by molar-refractivity contribution is 6.07. The Bertz CT molecular complexity index is 853. The van der Waals surface area contributed by atoms with Crippen LogP contribution < -0.4 is 0 Å². The van der Waals surface area contributed by atoms with Gasteiger partial charge in [0, 0.05) is 25.6 Å². The average Bonchev–Trinajstić information content (AvgIpc) is 2.72. The van der Waals surface area contributed by atoms with Gasteiger partial charge in [-0.25, -0.2) is 0 Å². The van der Waals surface area contributed by atoms with Crippen molar-refractivity contribution in [2.24, 2.45) is 11.3 Å². The highest BCUT2D eigenvalue weighted by Crippen LogP contribution is 2.51. The normalized spacial score (nSPS) is 30.1. The monoisotopic (exact) mass is 379 g/mol. The van der Waals surface area contributed by atoms with Crippen LogP contribution in [0.15, 0.2) is 60.7 Å². The Morgan fingerprint density at radius 3 is 2.43 bits per heavy atom. The van der Waals surface area contributed by atoms with Crippen LogP contribution in [0, 0.1) is 11.3 Å². The lowest BCUT2D eigenvalue weighted by atomic mass is 9.56. The third-order valence-electron chi connectivity index (χ3n) is 6.24. The Balaban J connectivity index is 1.76. The molecular weight excluding hydrogens is 354 g/mol. The molecule has 1 aliphatic heterocycles. The first kappa shape index (κ1) is 18.8. The minimum atomic E-state index is -1.28.